The summed E-state index contributed by atoms with van der Waals surface area (Å²) in [6, 6.07) is 13.1. The molecule has 0 radical (unpaired) electrons. The highest BCUT2D eigenvalue weighted by Gasteiger charge is 2.09. The topological polar surface area (TPSA) is 21.3 Å². The molecule has 0 bridgehead atoms. The van der Waals surface area contributed by atoms with Crippen molar-refractivity contribution in [3.05, 3.63) is 58.3 Å². The van der Waals surface area contributed by atoms with Gasteiger partial charge in [-0.2, -0.15) is 0 Å². The fourth-order valence-corrected chi connectivity index (χ4v) is 2.37. The summed E-state index contributed by atoms with van der Waals surface area (Å²) in [5.41, 5.74) is 1.90. The molecule has 1 N–H and O–H groups in total. The van der Waals surface area contributed by atoms with Crippen LogP contribution in [0.3, 0.4) is 0 Å². The lowest BCUT2D eigenvalue weighted by Crippen LogP contribution is -2.18. The van der Waals surface area contributed by atoms with Gasteiger partial charge in [-0.25, -0.2) is 4.39 Å². The first-order valence-corrected chi connectivity index (χ1v) is 7.23. The number of hydrogen-bond acceptors (Lipinski definition) is 2. The van der Waals surface area contributed by atoms with Crippen LogP contribution in [0.15, 0.2) is 46.9 Å². The number of halogens is 2. The highest BCUT2D eigenvalue weighted by atomic mass is 79.9. The van der Waals surface area contributed by atoms with Gasteiger partial charge in [-0.05, 0) is 59.1 Å². The lowest BCUT2D eigenvalue weighted by Gasteiger charge is -2.17. The van der Waals surface area contributed by atoms with Gasteiger partial charge in [0.15, 0.2) is 0 Å². The van der Waals surface area contributed by atoms with E-state index in [9.17, 15) is 4.39 Å². The van der Waals surface area contributed by atoms with Gasteiger partial charge in [-0.1, -0.05) is 18.2 Å². The molecular weight excluding hydrogens is 321 g/mol. The van der Waals surface area contributed by atoms with Crippen LogP contribution in [0.5, 0.6) is 5.75 Å². The van der Waals surface area contributed by atoms with Crippen molar-refractivity contribution in [3.8, 4) is 5.75 Å². The molecule has 4 heteroatoms. The van der Waals surface area contributed by atoms with Gasteiger partial charge in [0.05, 0.1) is 11.6 Å². The predicted molar refractivity (Wildman–Crippen MR) is 83.9 cm³/mol. The molecule has 0 fully saturated rings. The molecule has 0 saturated carbocycles. The van der Waals surface area contributed by atoms with Gasteiger partial charge in [-0.3, -0.25) is 0 Å². The number of hydrogen-bond donors (Lipinski definition) is 1. The summed E-state index contributed by atoms with van der Waals surface area (Å²) in [4.78, 5) is 0. The van der Waals surface area contributed by atoms with Crippen LogP contribution in [0.1, 0.15) is 12.5 Å². The highest BCUT2D eigenvalue weighted by Crippen LogP contribution is 2.22. The SMILES string of the molecule is COc1ccccc1CC(C)Nc1ccc(Br)c(F)c1. The molecule has 1 unspecified atom stereocenters. The van der Waals surface area contributed by atoms with Crippen LogP contribution in [0.25, 0.3) is 0 Å². The third kappa shape index (κ3) is 3.73. The zero-order chi connectivity index (χ0) is 14.5. The molecule has 0 aliphatic heterocycles. The second kappa shape index (κ2) is 6.75. The van der Waals surface area contributed by atoms with E-state index in [2.05, 4.69) is 28.2 Å². The monoisotopic (exact) mass is 337 g/mol. The minimum atomic E-state index is -0.264. The summed E-state index contributed by atoms with van der Waals surface area (Å²) in [6.45, 7) is 2.06. The zero-order valence-electron chi connectivity index (χ0n) is 11.5. The average Bonchev–Trinajstić information content (AvgIpc) is 2.43. The van der Waals surface area contributed by atoms with Gasteiger partial charge in [0.2, 0.25) is 0 Å². The number of nitrogens with one attached hydrogen (secondary N) is 1. The van der Waals surface area contributed by atoms with Crippen LogP contribution in [0, 0.1) is 5.82 Å². The smallest absolute Gasteiger partial charge is 0.139 e. The Morgan fingerprint density at radius 1 is 1.25 bits per heavy atom. The van der Waals surface area contributed by atoms with E-state index in [1.165, 1.54) is 6.07 Å². The average molecular weight is 338 g/mol. The Bertz CT molecular complexity index is 588. The van der Waals surface area contributed by atoms with E-state index in [-0.39, 0.29) is 11.9 Å². The molecule has 0 aliphatic rings. The Morgan fingerprint density at radius 2 is 2.00 bits per heavy atom. The van der Waals surface area contributed by atoms with Crippen LogP contribution < -0.4 is 10.1 Å². The van der Waals surface area contributed by atoms with Gasteiger partial charge in [0.1, 0.15) is 11.6 Å². The minimum Gasteiger partial charge on any atom is -0.496 e. The lowest BCUT2D eigenvalue weighted by molar-refractivity contribution is 0.409. The molecule has 2 aromatic rings. The van der Waals surface area contributed by atoms with Crippen molar-refractivity contribution in [1.29, 1.82) is 0 Å². The Kier molecular flexibility index (Phi) is 5.01. The third-order valence-electron chi connectivity index (χ3n) is 3.05. The van der Waals surface area contributed by atoms with Crippen molar-refractivity contribution in [1.82, 2.24) is 0 Å². The van der Waals surface area contributed by atoms with Crippen molar-refractivity contribution >= 4 is 21.6 Å². The van der Waals surface area contributed by atoms with E-state index >= 15 is 0 Å². The number of ether oxygens (including phenoxy) is 1. The van der Waals surface area contributed by atoms with Gasteiger partial charge in [-0.15, -0.1) is 0 Å². The highest BCUT2D eigenvalue weighted by molar-refractivity contribution is 9.10. The van der Waals surface area contributed by atoms with Crippen molar-refractivity contribution < 1.29 is 9.13 Å². The zero-order valence-corrected chi connectivity index (χ0v) is 13.1. The minimum absolute atomic E-state index is 0.173. The van der Waals surface area contributed by atoms with Gasteiger partial charge in [0, 0.05) is 11.7 Å². The quantitative estimate of drug-likeness (QED) is 0.858. The van der Waals surface area contributed by atoms with Crippen molar-refractivity contribution in [2.24, 2.45) is 0 Å². The molecule has 2 nitrogen and oxygen atoms in total. The Balaban J connectivity index is 2.05. The summed E-state index contributed by atoms with van der Waals surface area (Å²) in [6.07, 6.45) is 0.807. The molecular formula is C16H17BrFNO. The van der Waals surface area contributed by atoms with Gasteiger partial charge < -0.3 is 10.1 Å². The van der Waals surface area contributed by atoms with Crippen molar-refractivity contribution in [3.63, 3.8) is 0 Å². The number of anilines is 1. The van der Waals surface area contributed by atoms with E-state index in [1.807, 2.05) is 30.3 Å². The summed E-state index contributed by atoms with van der Waals surface area (Å²) < 4.78 is 19.3. The Hall–Kier alpha value is -1.55. The molecule has 0 saturated heterocycles. The van der Waals surface area contributed by atoms with Gasteiger partial charge >= 0.3 is 0 Å². The van der Waals surface area contributed by atoms with E-state index < -0.39 is 0 Å². The standard InChI is InChI=1S/C16H17BrFNO/c1-11(9-12-5-3-4-6-16(12)20-2)19-13-7-8-14(17)15(18)10-13/h3-8,10-11,19H,9H2,1-2H3. The van der Waals surface area contributed by atoms with Crippen LogP contribution in [-0.4, -0.2) is 13.2 Å². The van der Waals surface area contributed by atoms with Crippen molar-refractivity contribution in [2.75, 3.05) is 12.4 Å². The largest absolute Gasteiger partial charge is 0.496 e. The van der Waals surface area contributed by atoms with E-state index in [0.717, 1.165) is 23.4 Å². The second-order valence-corrected chi connectivity index (χ2v) is 5.54. The first-order chi connectivity index (χ1) is 9.60. The molecule has 2 aromatic carbocycles. The fraction of sp³-hybridized carbons (Fsp3) is 0.250. The Labute approximate surface area is 127 Å². The maximum Gasteiger partial charge on any atom is 0.139 e. The van der Waals surface area contributed by atoms with E-state index in [4.69, 9.17) is 4.74 Å². The molecule has 0 amide bonds. The number of benzene rings is 2. The molecule has 106 valence electrons. The molecule has 0 spiro atoms. The van der Waals surface area contributed by atoms with Crippen molar-refractivity contribution in [2.45, 2.75) is 19.4 Å². The van der Waals surface area contributed by atoms with E-state index in [0.29, 0.717) is 4.47 Å². The summed E-state index contributed by atoms with van der Waals surface area (Å²) in [5, 5.41) is 3.29. The van der Waals surface area contributed by atoms with Crippen LogP contribution in [0.4, 0.5) is 10.1 Å². The predicted octanol–water partition coefficient (Wildman–Crippen LogP) is 4.64. The Morgan fingerprint density at radius 3 is 2.70 bits per heavy atom. The number of para-hydroxylation sites is 1. The first kappa shape index (κ1) is 14.9. The third-order valence-corrected chi connectivity index (χ3v) is 3.69. The summed E-state index contributed by atoms with van der Waals surface area (Å²) >= 11 is 3.15. The van der Waals surface area contributed by atoms with Crippen LogP contribution >= 0.6 is 15.9 Å². The normalized spacial score (nSPS) is 12.0. The van der Waals surface area contributed by atoms with Crippen LogP contribution in [-0.2, 0) is 6.42 Å². The second-order valence-electron chi connectivity index (χ2n) is 4.69. The maximum atomic E-state index is 13.5. The molecule has 0 heterocycles. The fourth-order valence-electron chi connectivity index (χ4n) is 2.12. The first-order valence-electron chi connectivity index (χ1n) is 6.43. The number of rotatable bonds is 5. The summed E-state index contributed by atoms with van der Waals surface area (Å²) in [7, 11) is 1.67. The molecule has 2 rings (SSSR count). The molecule has 1 atom stereocenters. The number of methoxy groups -OCH3 is 1. The van der Waals surface area contributed by atoms with Gasteiger partial charge in [0.25, 0.3) is 0 Å². The van der Waals surface area contributed by atoms with Crippen LogP contribution in [0.2, 0.25) is 0 Å². The summed E-state index contributed by atoms with van der Waals surface area (Å²) in [5.74, 6) is 0.614. The lowest BCUT2D eigenvalue weighted by atomic mass is 10.1. The van der Waals surface area contributed by atoms with E-state index in [1.54, 1.807) is 13.2 Å². The maximum absolute atomic E-state index is 13.5. The molecule has 0 aliphatic carbocycles. The molecule has 20 heavy (non-hydrogen) atoms. The molecule has 0 aromatic heterocycles.